The summed E-state index contributed by atoms with van der Waals surface area (Å²) in [7, 11) is 0. The van der Waals surface area contributed by atoms with Crippen LogP contribution in [0, 0.1) is 0 Å². The Labute approximate surface area is 95.4 Å². The van der Waals surface area contributed by atoms with E-state index in [1.54, 1.807) is 0 Å². The van der Waals surface area contributed by atoms with E-state index in [1.807, 2.05) is 6.92 Å². The summed E-state index contributed by atoms with van der Waals surface area (Å²) in [6.07, 6.45) is 4.25. The summed E-state index contributed by atoms with van der Waals surface area (Å²) in [5.41, 5.74) is 0. The molecule has 2 rings (SSSR count). The van der Waals surface area contributed by atoms with E-state index in [0.29, 0.717) is 12.4 Å². The third-order valence-corrected chi connectivity index (χ3v) is 3.12. The molecule has 0 aromatic carbocycles. The lowest BCUT2D eigenvalue weighted by Gasteiger charge is -2.33. The second-order valence-corrected chi connectivity index (χ2v) is 4.26. The molecule has 1 aliphatic rings. The molecule has 1 aromatic heterocycles. The number of aliphatic hydroxyl groups excluding tert-OH is 1. The summed E-state index contributed by atoms with van der Waals surface area (Å²) in [4.78, 5) is 6.52. The van der Waals surface area contributed by atoms with Gasteiger partial charge in [-0.1, -0.05) is 18.5 Å². The van der Waals surface area contributed by atoms with Gasteiger partial charge in [0.15, 0.2) is 5.82 Å². The highest BCUT2D eigenvalue weighted by Crippen LogP contribution is 2.18. The number of likely N-dealkylation sites (tertiary alicyclic amines) is 1. The molecule has 1 N–H and O–H groups in total. The van der Waals surface area contributed by atoms with Gasteiger partial charge in [-0.2, -0.15) is 4.98 Å². The lowest BCUT2D eigenvalue weighted by atomic mass is 10.0. The summed E-state index contributed by atoms with van der Waals surface area (Å²) < 4.78 is 5.17. The minimum Gasteiger partial charge on any atom is -0.395 e. The smallest absolute Gasteiger partial charge is 0.240 e. The number of aryl methyl sites for hydroxylation is 1. The van der Waals surface area contributed by atoms with Crippen LogP contribution in [-0.2, 0) is 13.0 Å². The van der Waals surface area contributed by atoms with Gasteiger partial charge in [-0.3, -0.25) is 4.90 Å². The highest BCUT2D eigenvalue weighted by atomic mass is 16.5. The maximum atomic E-state index is 9.28. The van der Waals surface area contributed by atoms with Gasteiger partial charge in [0.25, 0.3) is 0 Å². The van der Waals surface area contributed by atoms with E-state index in [4.69, 9.17) is 4.52 Å². The molecule has 1 saturated heterocycles. The highest BCUT2D eigenvalue weighted by molar-refractivity contribution is 4.87. The highest BCUT2D eigenvalue weighted by Gasteiger charge is 2.23. The molecule has 16 heavy (non-hydrogen) atoms. The molecule has 1 aromatic rings. The fourth-order valence-corrected chi connectivity index (χ4v) is 2.15. The van der Waals surface area contributed by atoms with E-state index >= 15 is 0 Å². The molecule has 0 saturated carbocycles. The monoisotopic (exact) mass is 225 g/mol. The van der Waals surface area contributed by atoms with Crippen molar-refractivity contribution in [1.82, 2.24) is 15.0 Å². The normalized spacial score (nSPS) is 22.5. The molecule has 5 nitrogen and oxygen atoms in total. The van der Waals surface area contributed by atoms with Crippen molar-refractivity contribution >= 4 is 0 Å². The van der Waals surface area contributed by atoms with E-state index in [2.05, 4.69) is 15.0 Å². The maximum absolute atomic E-state index is 9.28. The SMILES string of the molecule is CCc1noc(CN2CCCCC2CO)n1. The van der Waals surface area contributed by atoms with Gasteiger partial charge in [0.1, 0.15) is 0 Å². The van der Waals surface area contributed by atoms with Crippen molar-refractivity contribution in [2.75, 3.05) is 13.2 Å². The molecule has 90 valence electrons. The largest absolute Gasteiger partial charge is 0.395 e. The van der Waals surface area contributed by atoms with E-state index in [-0.39, 0.29) is 12.6 Å². The summed E-state index contributed by atoms with van der Waals surface area (Å²) >= 11 is 0. The predicted molar refractivity (Wildman–Crippen MR) is 58.8 cm³/mol. The van der Waals surface area contributed by atoms with Crippen LogP contribution >= 0.6 is 0 Å². The van der Waals surface area contributed by atoms with Crippen molar-refractivity contribution in [3.05, 3.63) is 11.7 Å². The molecule has 1 unspecified atom stereocenters. The van der Waals surface area contributed by atoms with Gasteiger partial charge < -0.3 is 9.63 Å². The van der Waals surface area contributed by atoms with Crippen LogP contribution in [0.5, 0.6) is 0 Å². The van der Waals surface area contributed by atoms with E-state index < -0.39 is 0 Å². The molecule has 0 radical (unpaired) electrons. The van der Waals surface area contributed by atoms with Gasteiger partial charge in [-0.25, -0.2) is 0 Å². The van der Waals surface area contributed by atoms with Crippen molar-refractivity contribution in [1.29, 1.82) is 0 Å². The number of hydrogen-bond acceptors (Lipinski definition) is 5. The molecule has 0 bridgehead atoms. The van der Waals surface area contributed by atoms with Gasteiger partial charge >= 0.3 is 0 Å². The van der Waals surface area contributed by atoms with E-state index in [0.717, 1.165) is 25.2 Å². The Kier molecular flexibility index (Phi) is 3.90. The Balaban J connectivity index is 1.96. The molecular weight excluding hydrogens is 206 g/mol. The van der Waals surface area contributed by atoms with E-state index in [9.17, 15) is 5.11 Å². The Bertz CT molecular complexity index is 327. The molecule has 1 fully saturated rings. The summed E-state index contributed by atoms with van der Waals surface area (Å²) in [5.74, 6) is 1.42. The van der Waals surface area contributed by atoms with Gasteiger partial charge in [0.2, 0.25) is 5.89 Å². The van der Waals surface area contributed by atoms with Gasteiger partial charge in [-0.05, 0) is 19.4 Å². The number of rotatable bonds is 4. The number of aliphatic hydroxyl groups is 1. The average molecular weight is 225 g/mol. The molecular formula is C11H19N3O2. The van der Waals surface area contributed by atoms with Crippen LogP contribution in [0.25, 0.3) is 0 Å². The fourth-order valence-electron chi connectivity index (χ4n) is 2.15. The van der Waals surface area contributed by atoms with Crippen LogP contribution in [0.3, 0.4) is 0 Å². The first kappa shape index (κ1) is 11.5. The minimum absolute atomic E-state index is 0.217. The Morgan fingerprint density at radius 3 is 3.06 bits per heavy atom. The zero-order chi connectivity index (χ0) is 11.4. The molecule has 0 spiro atoms. The van der Waals surface area contributed by atoms with Gasteiger partial charge in [0.05, 0.1) is 13.2 Å². The summed E-state index contributed by atoms with van der Waals surface area (Å²) in [5, 5.41) is 13.2. The number of piperidine rings is 1. The number of hydrogen-bond donors (Lipinski definition) is 1. The Morgan fingerprint density at radius 2 is 2.38 bits per heavy atom. The van der Waals surface area contributed by atoms with Crippen molar-refractivity contribution in [2.45, 2.75) is 45.2 Å². The Morgan fingerprint density at radius 1 is 1.50 bits per heavy atom. The van der Waals surface area contributed by atoms with Gasteiger partial charge in [-0.15, -0.1) is 0 Å². The summed E-state index contributed by atoms with van der Waals surface area (Å²) in [6, 6.07) is 0.255. The van der Waals surface area contributed by atoms with Crippen molar-refractivity contribution in [3.63, 3.8) is 0 Å². The molecule has 1 aliphatic heterocycles. The van der Waals surface area contributed by atoms with Crippen LogP contribution in [-0.4, -0.2) is 39.3 Å². The van der Waals surface area contributed by atoms with Crippen molar-refractivity contribution in [2.24, 2.45) is 0 Å². The zero-order valence-corrected chi connectivity index (χ0v) is 9.72. The first-order valence-electron chi connectivity index (χ1n) is 6.00. The first-order chi connectivity index (χ1) is 7.83. The second kappa shape index (κ2) is 5.41. The summed E-state index contributed by atoms with van der Waals surface area (Å²) in [6.45, 7) is 3.90. The van der Waals surface area contributed by atoms with E-state index in [1.165, 1.54) is 12.8 Å². The molecule has 0 aliphatic carbocycles. The lowest BCUT2D eigenvalue weighted by Crippen LogP contribution is -2.41. The number of aromatic nitrogens is 2. The first-order valence-corrected chi connectivity index (χ1v) is 6.00. The van der Waals surface area contributed by atoms with Crippen LogP contribution in [0.1, 0.15) is 37.9 Å². The minimum atomic E-state index is 0.217. The zero-order valence-electron chi connectivity index (χ0n) is 9.72. The average Bonchev–Trinajstić information content (AvgIpc) is 2.77. The fraction of sp³-hybridized carbons (Fsp3) is 0.818. The van der Waals surface area contributed by atoms with Crippen LogP contribution < -0.4 is 0 Å². The molecule has 0 amide bonds. The van der Waals surface area contributed by atoms with Crippen molar-refractivity contribution in [3.8, 4) is 0 Å². The second-order valence-electron chi connectivity index (χ2n) is 4.26. The van der Waals surface area contributed by atoms with Crippen molar-refractivity contribution < 1.29 is 9.63 Å². The topological polar surface area (TPSA) is 62.4 Å². The maximum Gasteiger partial charge on any atom is 0.240 e. The Hall–Kier alpha value is -0.940. The van der Waals surface area contributed by atoms with Crippen LogP contribution in [0.2, 0.25) is 0 Å². The third kappa shape index (κ3) is 2.59. The molecule has 1 atom stereocenters. The third-order valence-electron chi connectivity index (χ3n) is 3.12. The number of nitrogens with zero attached hydrogens (tertiary/aromatic N) is 3. The lowest BCUT2D eigenvalue weighted by molar-refractivity contribution is 0.0749. The van der Waals surface area contributed by atoms with Crippen LogP contribution in [0.4, 0.5) is 0 Å². The standard InChI is InChI=1S/C11H19N3O2/c1-2-10-12-11(16-13-10)7-14-6-4-3-5-9(14)8-15/h9,15H,2-8H2,1H3. The quantitative estimate of drug-likeness (QED) is 0.827. The van der Waals surface area contributed by atoms with Gasteiger partial charge in [0, 0.05) is 12.5 Å². The van der Waals surface area contributed by atoms with Crippen LogP contribution in [0.15, 0.2) is 4.52 Å². The predicted octanol–water partition coefficient (Wildman–Crippen LogP) is 0.979. The molecule has 2 heterocycles. The molecule has 5 heteroatoms.